The van der Waals surface area contributed by atoms with Crippen molar-refractivity contribution in [2.24, 2.45) is 0 Å². The van der Waals surface area contributed by atoms with Crippen LogP contribution in [-0.2, 0) is 18.3 Å². The standard InChI is InChI=1S/C29H32N2OS/c32-28-26-27(24-15-7-4-10-21(24)20-29(26)17-8-9-18-29)30-25(31(28)22-11-5-6-12-22)16-19-33-23-13-2-1-3-14-23/h1-4,7,10,13-15,22H,5-6,8-9,11-12,16-20H2. The van der Waals surface area contributed by atoms with Crippen molar-refractivity contribution in [1.82, 2.24) is 9.55 Å². The lowest BCUT2D eigenvalue weighted by molar-refractivity contribution is 0.404. The third-order valence-electron chi connectivity index (χ3n) is 8.11. The monoisotopic (exact) mass is 456 g/mol. The van der Waals surface area contributed by atoms with Gasteiger partial charge in [0.15, 0.2) is 0 Å². The molecule has 170 valence electrons. The SMILES string of the molecule is O=c1c2c(nc(CCSc3ccccc3)n1C1CCCC1)-c1ccccc1CC21CCCC1. The summed E-state index contributed by atoms with van der Waals surface area (Å²) in [5, 5.41) is 0. The Morgan fingerprint density at radius 1 is 0.939 bits per heavy atom. The highest BCUT2D eigenvalue weighted by Gasteiger charge is 2.45. The number of aryl methyl sites for hydroxylation is 1. The fourth-order valence-corrected chi connectivity index (χ4v) is 7.45. The summed E-state index contributed by atoms with van der Waals surface area (Å²) in [6, 6.07) is 19.6. The van der Waals surface area contributed by atoms with Gasteiger partial charge in [-0.3, -0.25) is 9.36 Å². The predicted molar refractivity (Wildman–Crippen MR) is 136 cm³/mol. The van der Waals surface area contributed by atoms with Gasteiger partial charge in [-0.25, -0.2) is 4.98 Å². The molecule has 2 fully saturated rings. The van der Waals surface area contributed by atoms with Gasteiger partial charge in [0.2, 0.25) is 0 Å². The Hall–Kier alpha value is -2.33. The van der Waals surface area contributed by atoms with Crippen LogP contribution in [0.25, 0.3) is 11.3 Å². The normalized spacial score (nSPS) is 19.0. The van der Waals surface area contributed by atoms with Crippen molar-refractivity contribution in [2.45, 2.75) is 80.6 Å². The molecule has 0 atom stereocenters. The van der Waals surface area contributed by atoms with Crippen molar-refractivity contribution in [3.8, 4) is 11.3 Å². The molecular weight excluding hydrogens is 424 g/mol. The molecule has 0 bridgehead atoms. The molecule has 1 heterocycles. The Morgan fingerprint density at radius 3 is 2.45 bits per heavy atom. The highest BCUT2D eigenvalue weighted by atomic mass is 32.2. The molecule has 4 heteroatoms. The van der Waals surface area contributed by atoms with Gasteiger partial charge in [0.1, 0.15) is 5.82 Å². The summed E-state index contributed by atoms with van der Waals surface area (Å²) < 4.78 is 2.16. The third-order valence-corrected chi connectivity index (χ3v) is 9.12. The Balaban J connectivity index is 1.47. The average molecular weight is 457 g/mol. The fourth-order valence-electron chi connectivity index (χ4n) is 6.58. The zero-order valence-corrected chi connectivity index (χ0v) is 20.1. The molecule has 3 aromatic rings. The molecule has 0 aliphatic heterocycles. The van der Waals surface area contributed by atoms with Gasteiger partial charge in [0.05, 0.1) is 11.3 Å². The van der Waals surface area contributed by atoms with E-state index in [-0.39, 0.29) is 11.0 Å². The van der Waals surface area contributed by atoms with Crippen LogP contribution in [0.15, 0.2) is 64.3 Å². The van der Waals surface area contributed by atoms with Crippen LogP contribution in [0.3, 0.4) is 0 Å². The van der Waals surface area contributed by atoms with Gasteiger partial charge in [-0.15, -0.1) is 11.8 Å². The van der Waals surface area contributed by atoms with Crippen molar-refractivity contribution in [3.05, 3.63) is 81.9 Å². The van der Waals surface area contributed by atoms with Crippen LogP contribution >= 0.6 is 11.8 Å². The first kappa shape index (κ1) is 21.2. The van der Waals surface area contributed by atoms with Crippen LogP contribution in [0.5, 0.6) is 0 Å². The molecule has 3 nitrogen and oxygen atoms in total. The number of thioether (sulfide) groups is 1. The summed E-state index contributed by atoms with van der Waals surface area (Å²) in [5.41, 5.74) is 4.89. The second kappa shape index (κ2) is 8.79. The second-order valence-corrected chi connectivity index (χ2v) is 11.3. The van der Waals surface area contributed by atoms with Crippen LogP contribution in [0.4, 0.5) is 0 Å². The number of rotatable bonds is 5. The number of nitrogens with zero attached hydrogens (tertiary/aromatic N) is 2. The second-order valence-electron chi connectivity index (χ2n) is 10.1. The largest absolute Gasteiger partial charge is 0.293 e. The van der Waals surface area contributed by atoms with Crippen molar-refractivity contribution in [3.63, 3.8) is 0 Å². The maximum atomic E-state index is 14.3. The van der Waals surface area contributed by atoms with E-state index in [4.69, 9.17) is 4.98 Å². The van der Waals surface area contributed by atoms with Crippen LogP contribution < -0.4 is 5.56 Å². The fraction of sp³-hybridized carbons (Fsp3) is 0.448. The molecule has 3 aliphatic rings. The highest BCUT2D eigenvalue weighted by molar-refractivity contribution is 7.99. The molecule has 1 spiro atoms. The molecule has 33 heavy (non-hydrogen) atoms. The predicted octanol–water partition coefficient (Wildman–Crippen LogP) is 6.73. The Kier molecular flexibility index (Phi) is 5.65. The lowest BCUT2D eigenvalue weighted by Gasteiger charge is -2.37. The minimum absolute atomic E-state index is 0.00849. The molecular formula is C29H32N2OS. The Labute approximate surface area is 200 Å². The quantitative estimate of drug-likeness (QED) is 0.399. The maximum absolute atomic E-state index is 14.3. The van der Waals surface area contributed by atoms with Gasteiger partial charge in [-0.2, -0.15) is 0 Å². The van der Waals surface area contributed by atoms with E-state index in [1.807, 2.05) is 11.8 Å². The first-order valence-electron chi connectivity index (χ1n) is 12.7. The summed E-state index contributed by atoms with van der Waals surface area (Å²) in [7, 11) is 0. The van der Waals surface area contributed by atoms with E-state index in [1.54, 1.807) is 0 Å². The van der Waals surface area contributed by atoms with Gasteiger partial charge in [-0.05, 0) is 49.8 Å². The Morgan fingerprint density at radius 2 is 1.67 bits per heavy atom. The molecule has 3 aliphatic carbocycles. The molecule has 0 N–H and O–H groups in total. The first-order valence-corrected chi connectivity index (χ1v) is 13.7. The van der Waals surface area contributed by atoms with Crippen LogP contribution in [0.1, 0.15) is 74.4 Å². The molecule has 0 amide bonds. The smallest absolute Gasteiger partial charge is 0.258 e. The van der Waals surface area contributed by atoms with Crippen molar-refractivity contribution >= 4 is 11.8 Å². The maximum Gasteiger partial charge on any atom is 0.258 e. The zero-order valence-electron chi connectivity index (χ0n) is 19.3. The summed E-state index contributed by atoms with van der Waals surface area (Å²) in [4.78, 5) is 21.0. The molecule has 0 radical (unpaired) electrons. The van der Waals surface area contributed by atoms with Crippen LogP contribution in [-0.4, -0.2) is 15.3 Å². The number of hydrogen-bond donors (Lipinski definition) is 0. The topological polar surface area (TPSA) is 34.9 Å². The van der Waals surface area contributed by atoms with Gasteiger partial charge in [-0.1, -0.05) is 68.1 Å². The summed E-state index contributed by atoms with van der Waals surface area (Å²) in [5.74, 6) is 1.94. The highest BCUT2D eigenvalue weighted by Crippen LogP contribution is 2.50. The van der Waals surface area contributed by atoms with E-state index in [0.717, 1.165) is 61.4 Å². The van der Waals surface area contributed by atoms with Gasteiger partial charge < -0.3 is 0 Å². The zero-order chi connectivity index (χ0) is 22.3. The number of aromatic nitrogens is 2. The van der Waals surface area contributed by atoms with Gasteiger partial charge >= 0.3 is 0 Å². The number of benzene rings is 2. The first-order chi connectivity index (χ1) is 16.3. The van der Waals surface area contributed by atoms with Crippen molar-refractivity contribution < 1.29 is 0 Å². The third kappa shape index (κ3) is 3.77. The van der Waals surface area contributed by atoms with Crippen molar-refractivity contribution in [1.29, 1.82) is 0 Å². The van der Waals surface area contributed by atoms with E-state index in [1.165, 1.54) is 41.7 Å². The average Bonchev–Trinajstić information content (AvgIpc) is 3.53. The lowest BCUT2D eigenvalue weighted by atomic mass is 9.68. The minimum Gasteiger partial charge on any atom is -0.293 e. The number of hydrogen-bond acceptors (Lipinski definition) is 3. The lowest BCUT2D eigenvalue weighted by Crippen LogP contribution is -2.42. The molecule has 1 aromatic heterocycles. The molecule has 6 rings (SSSR count). The Bertz CT molecular complexity index is 1200. The van der Waals surface area contributed by atoms with Crippen molar-refractivity contribution in [2.75, 3.05) is 5.75 Å². The minimum atomic E-state index is -0.00849. The molecule has 0 unspecified atom stereocenters. The van der Waals surface area contributed by atoms with E-state index in [0.29, 0.717) is 6.04 Å². The summed E-state index contributed by atoms with van der Waals surface area (Å²) >= 11 is 1.86. The molecule has 2 aromatic carbocycles. The van der Waals surface area contributed by atoms with Gasteiger partial charge in [0.25, 0.3) is 5.56 Å². The number of fused-ring (bicyclic) bond motifs is 4. The van der Waals surface area contributed by atoms with E-state index in [9.17, 15) is 4.79 Å². The molecule has 0 saturated heterocycles. The molecule has 2 saturated carbocycles. The van der Waals surface area contributed by atoms with Gasteiger partial charge in [0, 0.05) is 34.1 Å². The van der Waals surface area contributed by atoms with E-state index in [2.05, 4.69) is 59.2 Å². The van der Waals surface area contributed by atoms with Crippen LogP contribution in [0.2, 0.25) is 0 Å². The van der Waals surface area contributed by atoms with E-state index < -0.39 is 0 Å². The summed E-state index contributed by atoms with van der Waals surface area (Å²) in [6.07, 6.45) is 11.2. The van der Waals surface area contributed by atoms with Crippen LogP contribution in [0, 0.1) is 0 Å². The van der Waals surface area contributed by atoms with E-state index >= 15 is 0 Å². The summed E-state index contributed by atoms with van der Waals surface area (Å²) in [6.45, 7) is 0.